The predicted octanol–water partition coefficient (Wildman–Crippen LogP) is 2.49. The van der Waals surface area contributed by atoms with Crippen LogP contribution in [-0.4, -0.2) is 6.29 Å². The van der Waals surface area contributed by atoms with Crippen LogP contribution in [0, 0.1) is 32.1 Å². The fourth-order valence-corrected chi connectivity index (χ4v) is 1.78. The van der Waals surface area contributed by atoms with E-state index in [2.05, 4.69) is 6.07 Å². The number of rotatable bonds is 2. The maximum atomic E-state index is 10.8. The molecule has 2 heteroatoms. The molecule has 2 nitrogen and oxygen atoms in total. The van der Waals surface area contributed by atoms with E-state index in [4.69, 9.17) is 5.26 Å². The largest absolute Gasteiger partial charge is 0.298 e. The molecule has 0 aliphatic rings. The highest BCUT2D eigenvalue weighted by Gasteiger charge is 2.09. The van der Waals surface area contributed by atoms with Gasteiger partial charge in [-0.05, 0) is 43.0 Å². The molecule has 0 heterocycles. The van der Waals surface area contributed by atoms with Gasteiger partial charge in [-0.15, -0.1) is 0 Å². The van der Waals surface area contributed by atoms with Gasteiger partial charge in [0.05, 0.1) is 12.5 Å². The molecule has 0 aliphatic heterocycles. The standard InChI is InChI=1S/C12H13NO/c1-8-6-9(2)12(7-14)10(3)11(8)4-5-13/h6-7H,4H2,1-3H3. The van der Waals surface area contributed by atoms with Crippen LogP contribution >= 0.6 is 0 Å². The first kappa shape index (κ1) is 10.5. The van der Waals surface area contributed by atoms with Gasteiger partial charge in [-0.2, -0.15) is 5.26 Å². The van der Waals surface area contributed by atoms with E-state index >= 15 is 0 Å². The predicted molar refractivity (Wildman–Crippen MR) is 55.4 cm³/mol. The summed E-state index contributed by atoms with van der Waals surface area (Å²) in [5.41, 5.74) is 4.73. The molecule has 0 aliphatic carbocycles. The van der Waals surface area contributed by atoms with E-state index in [1.165, 1.54) is 0 Å². The van der Waals surface area contributed by atoms with Crippen molar-refractivity contribution in [2.24, 2.45) is 0 Å². The Morgan fingerprint density at radius 1 is 1.36 bits per heavy atom. The van der Waals surface area contributed by atoms with Gasteiger partial charge in [-0.25, -0.2) is 0 Å². The van der Waals surface area contributed by atoms with Crippen molar-refractivity contribution in [2.45, 2.75) is 27.2 Å². The van der Waals surface area contributed by atoms with Gasteiger partial charge in [0.2, 0.25) is 0 Å². The average molecular weight is 187 g/mol. The lowest BCUT2D eigenvalue weighted by atomic mass is 9.93. The normalized spacial score (nSPS) is 9.57. The zero-order chi connectivity index (χ0) is 10.7. The molecular weight excluding hydrogens is 174 g/mol. The van der Waals surface area contributed by atoms with Crippen molar-refractivity contribution in [1.29, 1.82) is 5.26 Å². The first-order valence-electron chi connectivity index (χ1n) is 4.53. The van der Waals surface area contributed by atoms with E-state index in [1.807, 2.05) is 26.8 Å². The van der Waals surface area contributed by atoms with Gasteiger partial charge in [-0.1, -0.05) is 6.07 Å². The first-order valence-corrected chi connectivity index (χ1v) is 4.53. The van der Waals surface area contributed by atoms with E-state index in [9.17, 15) is 4.79 Å². The minimum absolute atomic E-state index is 0.374. The lowest BCUT2D eigenvalue weighted by molar-refractivity contribution is 0.112. The summed E-state index contributed by atoms with van der Waals surface area (Å²) in [6.45, 7) is 5.79. The Morgan fingerprint density at radius 3 is 2.50 bits per heavy atom. The van der Waals surface area contributed by atoms with Crippen molar-refractivity contribution in [3.63, 3.8) is 0 Å². The first-order chi connectivity index (χ1) is 6.61. The number of aldehydes is 1. The van der Waals surface area contributed by atoms with E-state index in [0.717, 1.165) is 34.1 Å². The summed E-state index contributed by atoms with van der Waals surface area (Å²) in [5.74, 6) is 0. The number of hydrogen-bond donors (Lipinski definition) is 0. The Morgan fingerprint density at radius 2 is 2.00 bits per heavy atom. The summed E-state index contributed by atoms with van der Waals surface area (Å²) in [4.78, 5) is 10.8. The molecule has 0 radical (unpaired) electrons. The summed E-state index contributed by atoms with van der Waals surface area (Å²) >= 11 is 0. The highest BCUT2D eigenvalue weighted by atomic mass is 16.1. The maximum Gasteiger partial charge on any atom is 0.150 e. The third-order valence-electron chi connectivity index (χ3n) is 2.56. The molecule has 0 bridgehead atoms. The van der Waals surface area contributed by atoms with Crippen LogP contribution in [0.2, 0.25) is 0 Å². The zero-order valence-corrected chi connectivity index (χ0v) is 8.72. The SMILES string of the molecule is Cc1cc(C)c(CC#N)c(C)c1C=O. The Balaban J connectivity index is 3.45. The van der Waals surface area contributed by atoms with Crippen molar-refractivity contribution in [1.82, 2.24) is 0 Å². The molecule has 1 aromatic carbocycles. The van der Waals surface area contributed by atoms with Gasteiger partial charge in [0.1, 0.15) is 0 Å². The Kier molecular flexibility index (Phi) is 3.03. The van der Waals surface area contributed by atoms with E-state index in [-0.39, 0.29) is 0 Å². The van der Waals surface area contributed by atoms with Crippen molar-refractivity contribution in [2.75, 3.05) is 0 Å². The van der Waals surface area contributed by atoms with Gasteiger partial charge >= 0.3 is 0 Å². The second-order valence-corrected chi connectivity index (χ2v) is 3.48. The summed E-state index contributed by atoms with van der Waals surface area (Å²) in [5, 5.41) is 8.66. The van der Waals surface area contributed by atoms with Crippen LogP contribution in [0.15, 0.2) is 6.07 Å². The quantitative estimate of drug-likeness (QED) is 0.667. The number of carbonyl (C=O) groups excluding carboxylic acids is 1. The molecule has 72 valence electrons. The molecule has 0 spiro atoms. The highest BCUT2D eigenvalue weighted by molar-refractivity contribution is 5.80. The highest BCUT2D eigenvalue weighted by Crippen LogP contribution is 2.21. The monoisotopic (exact) mass is 187 g/mol. The Bertz CT molecular complexity index is 413. The Hall–Kier alpha value is -1.62. The molecule has 0 N–H and O–H groups in total. The lowest BCUT2D eigenvalue weighted by Crippen LogP contribution is -2.00. The molecule has 0 fully saturated rings. The summed E-state index contributed by atoms with van der Waals surface area (Å²) in [7, 11) is 0. The molecule has 0 atom stereocenters. The number of hydrogen-bond acceptors (Lipinski definition) is 2. The van der Waals surface area contributed by atoms with Gasteiger partial charge < -0.3 is 0 Å². The molecule has 0 saturated carbocycles. The molecule has 0 unspecified atom stereocenters. The van der Waals surface area contributed by atoms with E-state index in [0.29, 0.717) is 6.42 Å². The van der Waals surface area contributed by atoms with Crippen LogP contribution in [0.25, 0.3) is 0 Å². The topological polar surface area (TPSA) is 40.9 Å². The Labute approximate surface area is 84.2 Å². The molecule has 0 aromatic heterocycles. The van der Waals surface area contributed by atoms with Gasteiger partial charge in [-0.3, -0.25) is 4.79 Å². The van der Waals surface area contributed by atoms with Crippen LogP contribution in [0.4, 0.5) is 0 Å². The van der Waals surface area contributed by atoms with Crippen LogP contribution in [-0.2, 0) is 6.42 Å². The molecule has 1 aromatic rings. The van der Waals surface area contributed by atoms with E-state index in [1.54, 1.807) is 0 Å². The van der Waals surface area contributed by atoms with Crippen LogP contribution in [0.5, 0.6) is 0 Å². The fraction of sp³-hybridized carbons (Fsp3) is 0.333. The van der Waals surface area contributed by atoms with E-state index < -0.39 is 0 Å². The molecular formula is C12H13NO. The molecule has 0 amide bonds. The molecule has 1 rings (SSSR count). The maximum absolute atomic E-state index is 10.8. The molecule has 14 heavy (non-hydrogen) atoms. The summed E-state index contributed by atoms with van der Waals surface area (Å²) in [6.07, 6.45) is 1.24. The van der Waals surface area contributed by atoms with Crippen molar-refractivity contribution in [3.05, 3.63) is 33.9 Å². The third kappa shape index (κ3) is 1.67. The number of nitrogens with zero attached hydrogens (tertiary/aromatic N) is 1. The second kappa shape index (κ2) is 4.06. The van der Waals surface area contributed by atoms with Gasteiger partial charge in [0.15, 0.2) is 6.29 Å². The van der Waals surface area contributed by atoms with Gasteiger partial charge in [0, 0.05) is 5.56 Å². The average Bonchev–Trinajstić information content (AvgIpc) is 2.12. The summed E-state index contributed by atoms with van der Waals surface area (Å²) < 4.78 is 0. The van der Waals surface area contributed by atoms with Crippen molar-refractivity contribution in [3.8, 4) is 6.07 Å². The minimum Gasteiger partial charge on any atom is -0.298 e. The number of carbonyl (C=O) groups is 1. The van der Waals surface area contributed by atoms with Crippen molar-refractivity contribution >= 4 is 6.29 Å². The smallest absolute Gasteiger partial charge is 0.150 e. The second-order valence-electron chi connectivity index (χ2n) is 3.48. The zero-order valence-electron chi connectivity index (χ0n) is 8.72. The van der Waals surface area contributed by atoms with Crippen LogP contribution in [0.3, 0.4) is 0 Å². The minimum atomic E-state index is 0.374. The number of benzene rings is 1. The summed E-state index contributed by atoms with van der Waals surface area (Å²) in [6, 6.07) is 4.08. The number of aryl methyl sites for hydroxylation is 2. The third-order valence-corrected chi connectivity index (χ3v) is 2.56. The van der Waals surface area contributed by atoms with Gasteiger partial charge in [0.25, 0.3) is 0 Å². The van der Waals surface area contributed by atoms with Crippen molar-refractivity contribution < 1.29 is 4.79 Å². The lowest BCUT2D eigenvalue weighted by Gasteiger charge is -2.11. The molecule has 0 saturated heterocycles. The van der Waals surface area contributed by atoms with Crippen LogP contribution in [0.1, 0.15) is 32.6 Å². The number of nitriles is 1. The fourth-order valence-electron chi connectivity index (χ4n) is 1.78. The van der Waals surface area contributed by atoms with Crippen LogP contribution < -0.4 is 0 Å².